The minimum absolute atomic E-state index is 0.0520. The van der Waals surface area contributed by atoms with E-state index in [1.54, 1.807) is 19.1 Å². The molecule has 1 saturated heterocycles. The molecule has 0 amide bonds. The van der Waals surface area contributed by atoms with Gasteiger partial charge in [0.25, 0.3) is 0 Å². The highest BCUT2D eigenvalue weighted by molar-refractivity contribution is 5.28. The Morgan fingerprint density at radius 2 is 2.00 bits per heavy atom. The van der Waals surface area contributed by atoms with Gasteiger partial charge in [0, 0.05) is 11.6 Å². The summed E-state index contributed by atoms with van der Waals surface area (Å²) in [4.78, 5) is 0. The van der Waals surface area contributed by atoms with Crippen molar-refractivity contribution in [3.8, 4) is 0 Å². The van der Waals surface area contributed by atoms with Gasteiger partial charge in [0.1, 0.15) is 0 Å². The molecular formula is C13H17F2N. The lowest BCUT2D eigenvalue weighted by Crippen LogP contribution is -2.33. The molecule has 2 unspecified atom stereocenters. The fraction of sp³-hybridized carbons (Fsp3) is 0.538. The molecule has 1 nitrogen and oxygen atoms in total. The monoisotopic (exact) mass is 225 g/mol. The lowest BCUT2D eigenvalue weighted by Gasteiger charge is -2.30. The van der Waals surface area contributed by atoms with Gasteiger partial charge in [-0.05, 0) is 37.8 Å². The van der Waals surface area contributed by atoms with E-state index in [4.69, 9.17) is 0 Å². The van der Waals surface area contributed by atoms with Gasteiger partial charge in [0.15, 0.2) is 11.6 Å². The second-order valence-electron chi connectivity index (χ2n) is 4.65. The predicted octanol–water partition coefficient (Wildman–Crippen LogP) is 3.33. The Kier molecular flexibility index (Phi) is 3.24. The summed E-state index contributed by atoms with van der Waals surface area (Å²) in [5.41, 5.74) is 0.833. The lowest BCUT2D eigenvalue weighted by atomic mass is 9.87. The van der Waals surface area contributed by atoms with Crippen molar-refractivity contribution in [2.24, 2.45) is 5.92 Å². The van der Waals surface area contributed by atoms with Gasteiger partial charge in [-0.1, -0.05) is 19.1 Å². The second kappa shape index (κ2) is 4.50. The van der Waals surface area contributed by atoms with E-state index in [-0.39, 0.29) is 6.04 Å². The Morgan fingerprint density at radius 1 is 1.25 bits per heavy atom. The molecule has 0 bridgehead atoms. The molecule has 0 saturated carbocycles. The summed E-state index contributed by atoms with van der Waals surface area (Å²) in [6, 6.07) is 3.30. The molecule has 0 aromatic heterocycles. The molecule has 16 heavy (non-hydrogen) atoms. The normalized spacial score (nSPS) is 25.8. The largest absolute Gasteiger partial charge is 0.310 e. The fourth-order valence-electron chi connectivity index (χ4n) is 2.37. The van der Waals surface area contributed by atoms with Crippen LogP contribution in [0.1, 0.15) is 36.9 Å². The summed E-state index contributed by atoms with van der Waals surface area (Å²) in [6.07, 6.45) is 2.17. The third-order valence-corrected chi connectivity index (χ3v) is 3.41. The Hall–Kier alpha value is -0.960. The van der Waals surface area contributed by atoms with Crippen LogP contribution in [0, 0.1) is 24.5 Å². The first-order chi connectivity index (χ1) is 7.61. The summed E-state index contributed by atoms with van der Waals surface area (Å²) in [6.45, 7) is 4.54. The average molecular weight is 225 g/mol. The number of hydrogen-bond acceptors (Lipinski definition) is 1. The predicted molar refractivity (Wildman–Crippen MR) is 60.2 cm³/mol. The van der Waals surface area contributed by atoms with Crippen LogP contribution in [-0.2, 0) is 0 Å². The van der Waals surface area contributed by atoms with Crippen LogP contribution >= 0.6 is 0 Å². The molecule has 1 aromatic carbocycles. The van der Waals surface area contributed by atoms with E-state index >= 15 is 0 Å². The van der Waals surface area contributed by atoms with E-state index in [0.29, 0.717) is 17.0 Å². The smallest absolute Gasteiger partial charge is 0.163 e. The maximum absolute atomic E-state index is 13.8. The molecule has 1 fully saturated rings. The summed E-state index contributed by atoms with van der Waals surface area (Å²) in [5, 5.41) is 3.27. The minimum atomic E-state index is -0.711. The molecule has 1 aliphatic heterocycles. The number of piperidine rings is 1. The van der Waals surface area contributed by atoms with Crippen molar-refractivity contribution in [2.45, 2.75) is 32.7 Å². The van der Waals surface area contributed by atoms with Gasteiger partial charge in [0.2, 0.25) is 0 Å². The summed E-state index contributed by atoms with van der Waals surface area (Å²) >= 11 is 0. The van der Waals surface area contributed by atoms with Crippen molar-refractivity contribution in [1.29, 1.82) is 0 Å². The van der Waals surface area contributed by atoms with Crippen molar-refractivity contribution in [3.05, 3.63) is 34.9 Å². The summed E-state index contributed by atoms with van der Waals surface area (Å²) < 4.78 is 27.3. The van der Waals surface area contributed by atoms with Gasteiger partial charge >= 0.3 is 0 Å². The fourth-order valence-corrected chi connectivity index (χ4v) is 2.37. The SMILES string of the molecule is Cc1ccc(C2NCCCC2C)c(F)c1F. The number of hydrogen-bond donors (Lipinski definition) is 1. The molecule has 0 aliphatic carbocycles. The summed E-state index contributed by atoms with van der Waals surface area (Å²) in [5.74, 6) is -1.05. The highest BCUT2D eigenvalue weighted by Gasteiger charge is 2.26. The molecule has 88 valence electrons. The van der Waals surface area contributed by atoms with Gasteiger partial charge in [-0.2, -0.15) is 0 Å². The molecule has 1 heterocycles. The van der Waals surface area contributed by atoms with Crippen molar-refractivity contribution in [2.75, 3.05) is 6.54 Å². The van der Waals surface area contributed by atoms with Gasteiger partial charge in [-0.3, -0.25) is 0 Å². The third kappa shape index (κ3) is 1.96. The Morgan fingerprint density at radius 3 is 2.69 bits per heavy atom. The number of halogens is 2. The lowest BCUT2D eigenvalue weighted by molar-refractivity contribution is 0.296. The molecule has 1 aromatic rings. The topological polar surface area (TPSA) is 12.0 Å². The van der Waals surface area contributed by atoms with Crippen LogP contribution < -0.4 is 5.32 Å². The Bertz CT molecular complexity index is 390. The first-order valence-corrected chi connectivity index (χ1v) is 5.79. The molecule has 1 N–H and O–H groups in total. The number of nitrogens with one attached hydrogen (secondary N) is 1. The Balaban J connectivity index is 2.36. The zero-order valence-electron chi connectivity index (χ0n) is 9.69. The summed E-state index contributed by atoms with van der Waals surface area (Å²) in [7, 11) is 0. The van der Waals surface area contributed by atoms with Gasteiger partial charge < -0.3 is 5.32 Å². The molecule has 2 atom stereocenters. The number of benzene rings is 1. The highest BCUT2D eigenvalue weighted by atomic mass is 19.2. The second-order valence-corrected chi connectivity index (χ2v) is 4.65. The maximum atomic E-state index is 13.8. The number of aryl methyl sites for hydroxylation is 1. The van der Waals surface area contributed by atoms with Gasteiger partial charge in [-0.15, -0.1) is 0 Å². The molecule has 3 heteroatoms. The average Bonchev–Trinajstić information content (AvgIpc) is 2.28. The van der Waals surface area contributed by atoms with Crippen molar-refractivity contribution < 1.29 is 8.78 Å². The molecule has 0 radical (unpaired) electrons. The highest BCUT2D eigenvalue weighted by Crippen LogP contribution is 2.31. The number of rotatable bonds is 1. The van der Waals surface area contributed by atoms with Crippen LogP contribution in [0.25, 0.3) is 0 Å². The van der Waals surface area contributed by atoms with E-state index < -0.39 is 11.6 Å². The van der Waals surface area contributed by atoms with E-state index in [2.05, 4.69) is 12.2 Å². The zero-order chi connectivity index (χ0) is 11.7. The quantitative estimate of drug-likeness (QED) is 0.773. The first-order valence-electron chi connectivity index (χ1n) is 5.79. The van der Waals surface area contributed by atoms with Crippen molar-refractivity contribution in [1.82, 2.24) is 5.32 Å². The van der Waals surface area contributed by atoms with Crippen LogP contribution in [0.2, 0.25) is 0 Å². The molecular weight excluding hydrogens is 208 g/mol. The third-order valence-electron chi connectivity index (χ3n) is 3.41. The van der Waals surface area contributed by atoms with Crippen molar-refractivity contribution >= 4 is 0 Å². The van der Waals surface area contributed by atoms with Crippen LogP contribution in [0.3, 0.4) is 0 Å². The van der Waals surface area contributed by atoms with Gasteiger partial charge in [0.05, 0.1) is 0 Å². The maximum Gasteiger partial charge on any atom is 0.163 e. The van der Waals surface area contributed by atoms with Crippen LogP contribution in [0.4, 0.5) is 8.78 Å². The van der Waals surface area contributed by atoms with Crippen LogP contribution in [0.15, 0.2) is 12.1 Å². The molecule has 1 aliphatic rings. The van der Waals surface area contributed by atoms with E-state index in [1.165, 1.54) is 0 Å². The molecule has 2 rings (SSSR count). The van der Waals surface area contributed by atoms with E-state index in [1.807, 2.05) is 0 Å². The van der Waals surface area contributed by atoms with E-state index in [0.717, 1.165) is 19.4 Å². The van der Waals surface area contributed by atoms with Crippen molar-refractivity contribution in [3.63, 3.8) is 0 Å². The van der Waals surface area contributed by atoms with Crippen LogP contribution in [-0.4, -0.2) is 6.54 Å². The molecule has 0 spiro atoms. The first kappa shape index (κ1) is 11.5. The van der Waals surface area contributed by atoms with Gasteiger partial charge in [-0.25, -0.2) is 8.78 Å². The Labute approximate surface area is 94.9 Å². The minimum Gasteiger partial charge on any atom is -0.310 e. The zero-order valence-corrected chi connectivity index (χ0v) is 9.69. The standard InChI is InChI=1S/C13H17F2N/c1-8-5-6-10(12(15)11(8)14)13-9(2)4-3-7-16-13/h5-6,9,13,16H,3-4,7H2,1-2H3. The van der Waals surface area contributed by atoms with E-state index in [9.17, 15) is 8.78 Å². The van der Waals surface area contributed by atoms with Crippen LogP contribution in [0.5, 0.6) is 0 Å².